The molecule has 0 unspecified atom stereocenters. The van der Waals surface area contributed by atoms with Gasteiger partial charge in [0.05, 0.1) is 11.2 Å². The summed E-state index contributed by atoms with van der Waals surface area (Å²) in [5.41, 5.74) is 6.10. The Labute approximate surface area is 318 Å². The first-order chi connectivity index (χ1) is 28.4. The molecule has 0 aliphatic heterocycles. The highest BCUT2D eigenvalue weighted by atomic mass is 16.3. The minimum atomic E-state index is -0.122. The summed E-state index contributed by atoms with van der Waals surface area (Å²) in [6, 6.07) is 58.6. The Bertz CT molecular complexity index is 3430. The van der Waals surface area contributed by atoms with Crippen LogP contribution in [0, 0.1) is 0 Å². The van der Waals surface area contributed by atoms with Crippen molar-refractivity contribution in [3.63, 3.8) is 0 Å². The largest absolute Gasteiger partial charge is 0.455 e. The number of fused-ring (bicyclic) bond motifs is 9. The molecule has 11 aromatic rings. The Kier molecular flexibility index (Phi) is 6.02. The van der Waals surface area contributed by atoms with Crippen LogP contribution < -0.4 is 4.90 Å². The molecular formula is C52H33NO. The van der Waals surface area contributed by atoms with Gasteiger partial charge in [0.25, 0.3) is 0 Å². The quantitative estimate of drug-likeness (QED) is 0.167. The third kappa shape index (κ3) is 4.88. The van der Waals surface area contributed by atoms with E-state index in [1.54, 1.807) is 0 Å². The normalized spacial score (nSPS) is 12.7. The summed E-state index contributed by atoms with van der Waals surface area (Å²) < 4.78 is 44.7. The molecule has 0 bridgehead atoms. The molecule has 0 aliphatic carbocycles. The zero-order valence-corrected chi connectivity index (χ0v) is 29.1. The van der Waals surface area contributed by atoms with Crippen LogP contribution in [0.4, 0.5) is 17.1 Å². The molecule has 0 spiro atoms. The van der Waals surface area contributed by atoms with Crippen molar-refractivity contribution < 1.29 is 9.90 Å². The van der Waals surface area contributed by atoms with Gasteiger partial charge < -0.3 is 9.32 Å². The fourth-order valence-electron chi connectivity index (χ4n) is 8.10. The Morgan fingerprint density at radius 1 is 0.370 bits per heavy atom. The highest BCUT2D eigenvalue weighted by Crippen LogP contribution is 2.44. The molecule has 0 atom stereocenters. The Morgan fingerprint density at radius 3 is 1.78 bits per heavy atom. The van der Waals surface area contributed by atoms with E-state index in [1.165, 1.54) is 0 Å². The van der Waals surface area contributed by atoms with Gasteiger partial charge in [-0.3, -0.25) is 0 Å². The lowest BCUT2D eigenvalue weighted by Crippen LogP contribution is -2.10. The van der Waals surface area contributed by atoms with Crippen LogP contribution >= 0.6 is 0 Å². The maximum atomic E-state index is 9.67. The van der Waals surface area contributed by atoms with E-state index in [0.717, 1.165) is 81.8 Å². The van der Waals surface area contributed by atoms with Gasteiger partial charge in [-0.05, 0) is 96.8 Å². The van der Waals surface area contributed by atoms with Crippen molar-refractivity contribution in [2.24, 2.45) is 0 Å². The first kappa shape index (κ1) is 26.6. The summed E-state index contributed by atoms with van der Waals surface area (Å²) in [7, 11) is 0. The molecule has 0 N–H and O–H groups in total. The zero-order valence-electron chi connectivity index (χ0n) is 33.1. The van der Waals surface area contributed by atoms with Crippen molar-refractivity contribution in [2.45, 2.75) is 0 Å². The van der Waals surface area contributed by atoms with Gasteiger partial charge in [-0.25, -0.2) is 0 Å². The number of furan rings is 1. The van der Waals surface area contributed by atoms with Crippen LogP contribution in [0.25, 0.3) is 87.3 Å². The summed E-state index contributed by atoms with van der Waals surface area (Å²) in [5.74, 6) is 0. The predicted molar refractivity (Wildman–Crippen MR) is 229 cm³/mol. The van der Waals surface area contributed by atoms with Crippen molar-refractivity contribution in [2.75, 3.05) is 4.90 Å². The molecule has 2 heteroatoms. The summed E-state index contributed by atoms with van der Waals surface area (Å²) in [5, 5.41) is 10.5. The second-order valence-corrected chi connectivity index (χ2v) is 13.8. The number of rotatable bonds is 5. The SMILES string of the molecule is [2H]c1c([2H])c(N(c2ccc(-c3cccc4c3oc3ccccc34)cc2)c2cc3ccccc3c3ccccc23)c([2H])c([2H])c1-c1ccc2c(ccc3ccccc32)c1. The predicted octanol–water partition coefficient (Wildman–Crippen LogP) is 15.0. The molecule has 0 radical (unpaired) electrons. The smallest absolute Gasteiger partial charge is 0.143 e. The van der Waals surface area contributed by atoms with Gasteiger partial charge >= 0.3 is 0 Å². The molecule has 11 rings (SSSR count). The lowest BCUT2D eigenvalue weighted by atomic mass is 9.97. The van der Waals surface area contributed by atoms with E-state index in [9.17, 15) is 5.48 Å². The molecule has 1 heterocycles. The average molecular weight is 692 g/mol. The maximum Gasteiger partial charge on any atom is 0.143 e. The number of hydrogen-bond donors (Lipinski definition) is 0. The molecule has 0 amide bonds. The minimum absolute atomic E-state index is 0.0978. The summed E-state index contributed by atoms with van der Waals surface area (Å²) in [6.45, 7) is 0. The highest BCUT2D eigenvalue weighted by Gasteiger charge is 2.19. The third-order valence-corrected chi connectivity index (χ3v) is 10.7. The van der Waals surface area contributed by atoms with Crippen molar-refractivity contribution in [1.82, 2.24) is 0 Å². The summed E-state index contributed by atoms with van der Waals surface area (Å²) in [4.78, 5) is 1.90. The number of benzene rings is 10. The maximum absolute atomic E-state index is 9.67. The van der Waals surface area contributed by atoms with Crippen LogP contribution in [0.3, 0.4) is 0 Å². The van der Waals surface area contributed by atoms with Crippen LogP contribution in [-0.4, -0.2) is 0 Å². The lowest BCUT2D eigenvalue weighted by molar-refractivity contribution is 0.670. The average Bonchev–Trinajstić information content (AvgIpc) is 3.66. The molecule has 2 nitrogen and oxygen atoms in total. The van der Waals surface area contributed by atoms with Gasteiger partial charge in [-0.1, -0.05) is 158 Å². The third-order valence-electron chi connectivity index (χ3n) is 10.7. The van der Waals surface area contributed by atoms with Crippen molar-refractivity contribution >= 4 is 82.1 Å². The van der Waals surface area contributed by atoms with Crippen LogP contribution in [0.1, 0.15) is 5.48 Å². The van der Waals surface area contributed by atoms with E-state index < -0.39 is 0 Å². The van der Waals surface area contributed by atoms with Gasteiger partial charge in [-0.2, -0.15) is 0 Å². The second-order valence-electron chi connectivity index (χ2n) is 13.8. The van der Waals surface area contributed by atoms with E-state index in [2.05, 4.69) is 72.8 Å². The summed E-state index contributed by atoms with van der Waals surface area (Å²) >= 11 is 0. The van der Waals surface area contributed by atoms with E-state index in [4.69, 9.17) is 4.42 Å². The molecule has 0 aliphatic rings. The van der Waals surface area contributed by atoms with Gasteiger partial charge in [0.1, 0.15) is 11.2 Å². The first-order valence-corrected chi connectivity index (χ1v) is 18.2. The number of para-hydroxylation sites is 2. The van der Waals surface area contributed by atoms with E-state index in [-0.39, 0.29) is 35.4 Å². The second kappa shape index (κ2) is 12.2. The van der Waals surface area contributed by atoms with Crippen molar-refractivity contribution in [3.05, 3.63) is 200 Å². The highest BCUT2D eigenvalue weighted by molar-refractivity contribution is 6.15. The molecule has 0 saturated carbocycles. The molecule has 54 heavy (non-hydrogen) atoms. The molecule has 10 aromatic carbocycles. The number of nitrogens with zero attached hydrogens (tertiary/aromatic N) is 1. The van der Waals surface area contributed by atoms with Crippen LogP contribution in [0.15, 0.2) is 205 Å². The fraction of sp³-hybridized carbons (Fsp3) is 0. The van der Waals surface area contributed by atoms with Gasteiger partial charge in [-0.15, -0.1) is 0 Å². The monoisotopic (exact) mass is 691 g/mol. The van der Waals surface area contributed by atoms with Crippen LogP contribution in [0.5, 0.6) is 0 Å². The Morgan fingerprint density at radius 2 is 0.963 bits per heavy atom. The summed E-state index contributed by atoms with van der Waals surface area (Å²) in [6.07, 6.45) is 0. The van der Waals surface area contributed by atoms with E-state index in [1.807, 2.05) is 108 Å². The number of hydrogen-bond acceptors (Lipinski definition) is 2. The number of anilines is 3. The zero-order chi connectivity index (χ0) is 39.1. The molecule has 0 saturated heterocycles. The molecule has 1 aromatic heterocycles. The van der Waals surface area contributed by atoms with Crippen LogP contribution in [-0.2, 0) is 0 Å². The molecule has 252 valence electrons. The van der Waals surface area contributed by atoms with Crippen LogP contribution in [0.2, 0.25) is 0 Å². The lowest BCUT2D eigenvalue weighted by Gasteiger charge is -2.28. The molecular weight excluding hydrogens is 655 g/mol. The standard InChI is InChI=1S/C52H33NO/c1-3-12-42-35(10-1)20-21-39-32-37(26-31-44(39)42)34-22-27-40(28-23-34)53(50-33-38-11-2-4-13-43(38)46-14-5-6-15-47(46)50)41-29-24-36(25-30-41)45-17-9-18-49-48-16-7-8-19-51(48)54-52(45)49/h1-33H/i22D,23D,27D,28D. The minimum Gasteiger partial charge on any atom is -0.455 e. The van der Waals surface area contributed by atoms with Gasteiger partial charge in [0.2, 0.25) is 0 Å². The van der Waals surface area contributed by atoms with Crippen molar-refractivity contribution in [3.8, 4) is 22.3 Å². The fourth-order valence-corrected chi connectivity index (χ4v) is 8.10. The van der Waals surface area contributed by atoms with Gasteiger partial charge in [0, 0.05) is 33.1 Å². The van der Waals surface area contributed by atoms with E-state index in [0.29, 0.717) is 11.3 Å². The Hall–Kier alpha value is -7.16. The topological polar surface area (TPSA) is 16.4 Å². The Balaban J connectivity index is 1.12. The van der Waals surface area contributed by atoms with E-state index >= 15 is 0 Å². The van der Waals surface area contributed by atoms with Crippen molar-refractivity contribution in [1.29, 1.82) is 0 Å². The first-order valence-electron chi connectivity index (χ1n) is 20.2. The van der Waals surface area contributed by atoms with Gasteiger partial charge in [0.15, 0.2) is 0 Å². The molecule has 0 fully saturated rings.